The first-order valence-electron chi connectivity index (χ1n) is 6.17. The van der Waals surface area contributed by atoms with Crippen LogP contribution < -0.4 is 15.8 Å². The Morgan fingerprint density at radius 3 is 3.00 bits per heavy atom. The third-order valence-corrected chi connectivity index (χ3v) is 3.07. The lowest BCUT2D eigenvalue weighted by atomic mass is 10.4. The Hall–Kier alpha value is -1.36. The first-order valence-corrected chi connectivity index (χ1v) is 6.17. The van der Waals surface area contributed by atoms with Gasteiger partial charge in [-0.2, -0.15) is 0 Å². The van der Waals surface area contributed by atoms with E-state index >= 15 is 0 Å². The fraction of sp³-hybridized carbons (Fsp3) is 0.667. The van der Waals surface area contributed by atoms with Gasteiger partial charge in [-0.15, -0.1) is 0 Å². The number of nitrogens with zero attached hydrogens (tertiary/aromatic N) is 3. The Bertz CT molecular complexity index is 425. The maximum atomic E-state index is 12.2. The van der Waals surface area contributed by atoms with E-state index in [0.29, 0.717) is 11.9 Å². The van der Waals surface area contributed by atoms with E-state index in [1.54, 1.807) is 12.4 Å². The predicted molar refractivity (Wildman–Crippen MR) is 68.6 cm³/mol. The predicted octanol–water partition coefficient (Wildman–Crippen LogP) is 0.624. The molecule has 1 aromatic heterocycles. The van der Waals surface area contributed by atoms with Crippen molar-refractivity contribution in [3.8, 4) is 0 Å². The van der Waals surface area contributed by atoms with E-state index in [9.17, 15) is 4.79 Å². The van der Waals surface area contributed by atoms with Crippen LogP contribution in [-0.4, -0.2) is 36.7 Å². The monoisotopic (exact) mass is 236 g/mol. The van der Waals surface area contributed by atoms with Crippen molar-refractivity contribution in [3.05, 3.63) is 22.7 Å². The Balaban J connectivity index is 2.09. The number of hydrogen-bond donors (Lipinski definition) is 1. The highest BCUT2D eigenvalue weighted by Crippen LogP contribution is 2.33. The summed E-state index contributed by atoms with van der Waals surface area (Å²) >= 11 is 0. The topological polar surface area (TPSA) is 50.2 Å². The summed E-state index contributed by atoms with van der Waals surface area (Å²) in [4.78, 5) is 18.3. The molecule has 1 saturated carbocycles. The molecule has 1 aliphatic rings. The Kier molecular flexibility index (Phi) is 3.78. The van der Waals surface area contributed by atoms with Gasteiger partial charge in [-0.1, -0.05) is 0 Å². The van der Waals surface area contributed by atoms with Crippen LogP contribution in [0.15, 0.2) is 17.2 Å². The summed E-state index contributed by atoms with van der Waals surface area (Å²) in [6.07, 6.45) is 6.76. The summed E-state index contributed by atoms with van der Waals surface area (Å²) in [7, 11) is 3.86. The first-order chi connectivity index (χ1) is 8.24. The highest BCUT2D eigenvalue weighted by molar-refractivity contribution is 5.34. The molecule has 1 heterocycles. The van der Waals surface area contributed by atoms with Crippen molar-refractivity contribution in [1.29, 1.82) is 0 Å². The Morgan fingerprint density at radius 1 is 1.59 bits per heavy atom. The van der Waals surface area contributed by atoms with E-state index in [2.05, 4.69) is 10.3 Å². The molecule has 0 saturated heterocycles. The SMILES string of the molecule is CNCCCN(C)c1nccn(C2CC2)c1=O. The highest BCUT2D eigenvalue weighted by atomic mass is 16.1. The maximum absolute atomic E-state index is 12.2. The average Bonchev–Trinajstić information content (AvgIpc) is 3.13. The van der Waals surface area contributed by atoms with Gasteiger partial charge in [0.2, 0.25) is 0 Å². The molecule has 17 heavy (non-hydrogen) atoms. The molecule has 5 nitrogen and oxygen atoms in total. The first kappa shape index (κ1) is 12.1. The van der Waals surface area contributed by atoms with Gasteiger partial charge in [-0.25, -0.2) is 4.98 Å². The second-order valence-corrected chi connectivity index (χ2v) is 4.57. The van der Waals surface area contributed by atoms with E-state index in [-0.39, 0.29) is 5.56 Å². The molecule has 0 amide bonds. The van der Waals surface area contributed by atoms with Gasteiger partial charge in [-0.3, -0.25) is 4.79 Å². The molecule has 5 heteroatoms. The number of anilines is 1. The molecule has 0 radical (unpaired) electrons. The molecular formula is C12H20N4O. The molecule has 1 aliphatic carbocycles. The smallest absolute Gasteiger partial charge is 0.293 e. The second kappa shape index (κ2) is 5.31. The third kappa shape index (κ3) is 2.85. The third-order valence-electron chi connectivity index (χ3n) is 3.07. The minimum Gasteiger partial charge on any atom is -0.355 e. The molecule has 0 atom stereocenters. The van der Waals surface area contributed by atoms with Gasteiger partial charge in [0.05, 0.1) is 0 Å². The highest BCUT2D eigenvalue weighted by Gasteiger charge is 2.25. The van der Waals surface area contributed by atoms with Gasteiger partial charge in [0.1, 0.15) is 0 Å². The van der Waals surface area contributed by atoms with Crippen LogP contribution in [0.4, 0.5) is 5.82 Å². The van der Waals surface area contributed by atoms with Crippen LogP contribution in [0.5, 0.6) is 0 Å². The molecule has 2 rings (SSSR count). The molecule has 0 bridgehead atoms. The lowest BCUT2D eigenvalue weighted by molar-refractivity contribution is 0.675. The number of nitrogens with one attached hydrogen (secondary N) is 1. The fourth-order valence-electron chi connectivity index (χ4n) is 1.92. The lowest BCUT2D eigenvalue weighted by Gasteiger charge is -2.18. The molecule has 1 N–H and O–H groups in total. The molecule has 0 aromatic carbocycles. The quantitative estimate of drug-likeness (QED) is 0.736. The van der Waals surface area contributed by atoms with Crippen LogP contribution in [0, 0.1) is 0 Å². The molecule has 94 valence electrons. The van der Waals surface area contributed by atoms with Crippen molar-refractivity contribution in [2.75, 3.05) is 32.1 Å². The normalized spacial score (nSPS) is 14.9. The summed E-state index contributed by atoms with van der Waals surface area (Å²) < 4.78 is 1.82. The van der Waals surface area contributed by atoms with Crippen LogP contribution in [-0.2, 0) is 0 Å². The summed E-state index contributed by atoms with van der Waals surface area (Å²) in [5.41, 5.74) is 0.0435. The lowest BCUT2D eigenvalue weighted by Crippen LogP contribution is -2.31. The van der Waals surface area contributed by atoms with Crippen molar-refractivity contribution in [1.82, 2.24) is 14.9 Å². The van der Waals surface area contributed by atoms with Crippen molar-refractivity contribution in [3.63, 3.8) is 0 Å². The maximum Gasteiger partial charge on any atom is 0.293 e. The van der Waals surface area contributed by atoms with E-state index in [4.69, 9.17) is 0 Å². The molecule has 1 fully saturated rings. The Morgan fingerprint density at radius 2 is 2.35 bits per heavy atom. The number of rotatable bonds is 6. The summed E-state index contributed by atoms with van der Waals surface area (Å²) in [5.74, 6) is 0.565. The van der Waals surface area contributed by atoms with Crippen molar-refractivity contribution in [2.24, 2.45) is 0 Å². The van der Waals surface area contributed by atoms with Gasteiger partial charge >= 0.3 is 0 Å². The second-order valence-electron chi connectivity index (χ2n) is 4.57. The van der Waals surface area contributed by atoms with E-state index in [0.717, 1.165) is 32.4 Å². The largest absolute Gasteiger partial charge is 0.355 e. The zero-order valence-corrected chi connectivity index (χ0v) is 10.5. The zero-order valence-electron chi connectivity index (χ0n) is 10.5. The van der Waals surface area contributed by atoms with E-state index in [1.165, 1.54) is 0 Å². The molecule has 0 unspecified atom stereocenters. The van der Waals surface area contributed by atoms with E-state index in [1.807, 2.05) is 23.6 Å². The summed E-state index contributed by atoms with van der Waals surface area (Å²) in [5, 5.41) is 3.10. The van der Waals surface area contributed by atoms with Crippen molar-refractivity contribution >= 4 is 5.82 Å². The van der Waals surface area contributed by atoms with Gasteiger partial charge in [-0.05, 0) is 32.9 Å². The molecule has 0 spiro atoms. The zero-order chi connectivity index (χ0) is 12.3. The number of aromatic nitrogens is 2. The molecule has 0 aliphatic heterocycles. The minimum atomic E-state index is 0.0435. The van der Waals surface area contributed by atoms with Crippen LogP contribution >= 0.6 is 0 Å². The molecular weight excluding hydrogens is 216 g/mol. The number of hydrogen-bond acceptors (Lipinski definition) is 4. The van der Waals surface area contributed by atoms with Crippen molar-refractivity contribution in [2.45, 2.75) is 25.3 Å². The van der Waals surface area contributed by atoms with Crippen LogP contribution in [0.25, 0.3) is 0 Å². The summed E-state index contributed by atoms with van der Waals surface area (Å²) in [6.45, 7) is 1.80. The van der Waals surface area contributed by atoms with Crippen LogP contribution in [0.2, 0.25) is 0 Å². The van der Waals surface area contributed by atoms with Crippen LogP contribution in [0.3, 0.4) is 0 Å². The van der Waals surface area contributed by atoms with Gasteiger partial charge in [0.15, 0.2) is 5.82 Å². The minimum absolute atomic E-state index is 0.0435. The van der Waals surface area contributed by atoms with Crippen molar-refractivity contribution < 1.29 is 0 Å². The summed E-state index contributed by atoms with van der Waals surface area (Å²) in [6, 6.07) is 0.412. The van der Waals surface area contributed by atoms with Gasteiger partial charge in [0.25, 0.3) is 5.56 Å². The fourth-order valence-corrected chi connectivity index (χ4v) is 1.92. The Labute approximate surface area is 101 Å². The van der Waals surface area contributed by atoms with Gasteiger partial charge < -0.3 is 14.8 Å². The van der Waals surface area contributed by atoms with E-state index < -0.39 is 0 Å². The standard InChI is InChI=1S/C12H20N4O/c1-13-6-3-8-15(2)11-12(17)16(9-7-14-11)10-4-5-10/h7,9-10,13H,3-6,8H2,1-2H3. The average molecular weight is 236 g/mol. The van der Waals surface area contributed by atoms with Gasteiger partial charge in [0, 0.05) is 32.0 Å². The molecule has 1 aromatic rings. The van der Waals surface area contributed by atoms with Crippen LogP contribution in [0.1, 0.15) is 25.3 Å².